The predicted molar refractivity (Wildman–Crippen MR) is 163 cm³/mol. The highest BCUT2D eigenvalue weighted by molar-refractivity contribution is 6.22. The van der Waals surface area contributed by atoms with Crippen molar-refractivity contribution in [3.8, 4) is 17.1 Å². The lowest BCUT2D eigenvalue weighted by Gasteiger charge is -2.26. The van der Waals surface area contributed by atoms with Crippen LogP contribution in [0.1, 0.15) is 41.5 Å². The van der Waals surface area contributed by atoms with Gasteiger partial charge in [-0.2, -0.15) is 0 Å². The number of aromatic nitrogens is 2. The van der Waals surface area contributed by atoms with Crippen molar-refractivity contribution in [3.63, 3.8) is 0 Å². The van der Waals surface area contributed by atoms with Crippen LogP contribution in [0.3, 0.4) is 0 Å². The molecule has 5 aromatic rings. The van der Waals surface area contributed by atoms with Gasteiger partial charge in [0.05, 0.1) is 29.1 Å². The number of aliphatic imine (C=N–C) groups is 1. The van der Waals surface area contributed by atoms with Crippen LogP contribution < -0.4 is 5.73 Å². The molecule has 0 aliphatic carbocycles. The number of fused-ring (bicyclic) bond motifs is 1. The van der Waals surface area contributed by atoms with Gasteiger partial charge in [0.15, 0.2) is 5.88 Å². The third-order valence-electron chi connectivity index (χ3n) is 7.62. The lowest BCUT2D eigenvalue weighted by molar-refractivity contribution is -0.117. The Kier molecular flexibility index (Phi) is 7.60. The number of H-pyrrole nitrogens is 1. The zero-order chi connectivity index (χ0) is 28.2. The monoisotopic (exact) mass is 543 g/mol. The fourth-order valence-corrected chi connectivity index (χ4v) is 5.64. The quantitative estimate of drug-likeness (QED) is 0.205. The average molecular weight is 544 g/mol. The molecule has 0 atom stereocenters. The Balaban J connectivity index is 1.42. The first-order valence-electron chi connectivity index (χ1n) is 14.1. The number of primary amides is 1. The van der Waals surface area contributed by atoms with Crippen LogP contribution in [0.25, 0.3) is 22.2 Å². The van der Waals surface area contributed by atoms with Gasteiger partial charge in [-0.1, -0.05) is 61.0 Å². The van der Waals surface area contributed by atoms with Crippen LogP contribution in [0.15, 0.2) is 96.1 Å². The van der Waals surface area contributed by atoms with E-state index in [2.05, 4.69) is 27.0 Å². The standard InChI is InChI=1S/C34H33N5O2/c35-30(40)21-25-10-7-17-36-32(25)26-13-16-29-28(20-26)31(34(41)38-29)33(24-8-3-1-4-9-24)37-27-14-11-23(12-15-27)22-39-18-5-2-6-19-39/h1,3-4,7-17,20,38,41H,2,5-6,18-19,21-22H2,(H2,35,40). The number of hydrogen-bond acceptors (Lipinski definition) is 5. The maximum absolute atomic E-state index is 11.7. The SMILES string of the molecule is NC(=O)Cc1cccnc1-c1ccc2[nH]c(O)c(C(=Nc3ccc(CN4CCCCC4)cc3)c3ccccc3)c2c1. The summed E-state index contributed by atoms with van der Waals surface area (Å²) in [5.41, 5.74) is 12.8. The molecule has 1 aliphatic heterocycles. The molecule has 3 aromatic carbocycles. The zero-order valence-corrected chi connectivity index (χ0v) is 22.9. The number of likely N-dealkylation sites (tertiary alicyclic amines) is 1. The number of aromatic amines is 1. The average Bonchev–Trinajstić information content (AvgIpc) is 3.32. The molecule has 1 aliphatic rings. The number of piperidine rings is 1. The summed E-state index contributed by atoms with van der Waals surface area (Å²) in [6.07, 6.45) is 5.66. The molecule has 0 bridgehead atoms. The van der Waals surface area contributed by atoms with Gasteiger partial charge in [-0.25, -0.2) is 4.99 Å². The van der Waals surface area contributed by atoms with E-state index in [1.807, 2.05) is 66.7 Å². The van der Waals surface area contributed by atoms with Crippen molar-refractivity contribution < 1.29 is 9.90 Å². The minimum absolute atomic E-state index is 0.0415. The molecular weight excluding hydrogens is 510 g/mol. The molecule has 7 heteroatoms. The molecule has 1 fully saturated rings. The van der Waals surface area contributed by atoms with Crippen molar-refractivity contribution in [2.45, 2.75) is 32.2 Å². The molecule has 0 saturated carbocycles. The summed E-state index contributed by atoms with van der Waals surface area (Å²) in [6, 6.07) is 27.7. The third-order valence-corrected chi connectivity index (χ3v) is 7.62. The minimum Gasteiger partial charge on any atom is -0.494 e. The molecular formula is C34H33N5O2. The van der Waals surface area contributed by atoms with Gasteiger partial charge in [-0.3, -0.25) is 14.7 Å². The van der Waals surface area contributed by atoms with Gasteiger partial charge in [0.2, 0.25) is 5.91 Å². The summed E-state index contributed by atoms with van der Waals surface area (Å²) in [7, 11) is 0. The molecule has 1 saturated heterocycles. The van der Waals surface area contributed by atoms with Crippen LogP contribution in [0.2, 0.25) is 0 Å². The molecule has 4 N–H and O–H groups in total. The van der Waals surface area contributed by atoms with Crippen LogP contribution in [-0.2, 0) is 17.8 Å². The molecule has 2 aromatic heterocycles. The Morgan fingerprint density at radius 3 is 2.49 bits per heavy atom. The first-order valence-corrected chi connectivity index (χ1v) is 14.1. The lowest BCUT2D eigenvalue weighted by Crippen LogP contribution is -2.28. The summed E-state index contributed by atoms with van der Waals surface area (Å²) in [5, 5.41) is 12.0. The summed E-state index contributed by atoms with van der Waals surface area (Å²) < 4.78 is 0. The molecule has 7 nitrogen and oxygen atoms in total. The fourth-order valence-electron chi connectivity index (χ4n) is 5.64. The molecule has 0 unspecified atom stereocenters. The summed E-state index contributed by atoms with van der Waals surface area (Å²) in [6.45, 7) is 3.26. The van der Waals surface area contributed by atoms with E-state index < -0.39 is 5.91 Å². The van der Waals surface area contributed by atoms with Gasteiger partial charge in [-0.15, -0.1) is 0 Å². The smallest absolute Gasteiger partial charge is 0.221 e. The molecule has 0 radical (unpaired) electrons. The Bertz CT molecular complexity index is 1700. The van der Waals surface area contributed by atoms with Crippen molar-refractivity contribution in [2.24, 2.45) is 10.7 Å². The van der Waals surface area contributed by atoms with E-state index >= 15 is 0 Å². The highest BCUT2D eigenvalue weighted by atomic mass is 16.3. The number of hydrogen-bond donors (Lipinski definition) is 3. The maximum Gasteiger partial charge on any atom is 0.221 e. The van der Waals surface area contributed by atoms with Gasteiger partial charge >= 0.3 is 0 Å². The molecule has 0 spiro atoms. The predicted octanol–water partition coefficient (Wildman–Crippen LogP) is 6.12. The maximum atomic E-state index is 11.7. The number of aromatic hydroxyl groups is 1. The number of benzene rings is 3. The van der Waals surface area contributed by atoms with Gasteiger partial charge in [0, 0.05) is 34.8 Å². The topological polar surface area (TPSA) is 108 Å². The van der Waals surface area contributed by atoms with Crippen molar-refractivity contribution in [1.29, 1.82) is 0 Å². The number of carbonyl (C=O) groups is 1. The fraction of sp³-hybridized carbons (Fsp3) is 0.206. The number of rotatable bonds is 8. The Hall–Kier alpha value is -4.75. The third kappa shape index (κ3) is 5.90. The van der Waals surface area contributed by atoms with E-state index in [0.717, 1.165) is 52.9 Å². The number of pyridine rings is 1. The van der Waals surface area contributed by atoms with E-state index in [4.69, 9.17) is 10.7 Å². The Morgan fingerprint density at radius 2 is 1.73 bits per heavy atom. The highest BCUT2D eigenvalue weighted by Crippen LogP contribution is 2.35. The van der Waals surface area contributed by atoms with Crippen LogP contribution in [-0.4, -0.2) is 44.7 Å². The minimum atomic E-state index is -0.416. The molecule has 1 amide bonds. The number of nitrogens with one attached hydrogen (secondary N) is 1. The lowest BCUT2D eigenvalue weighted by atomic mass is 9.97. The number of nitrogens with zero attached hydrogens (tertiary/aromatic N) is 3. The Labute approximate surface area is 239 Å². The summed E-state index contributed by atoms with van der Waals surface area (Å²) in [5.74, 6) is -0.374. The zero-order valence-electron chi connectivity index (χ0n) is 22.9. The summed E-state index contributed by atoms with van der Waals surface area (Å²) >= 11 is 0. The first kappa shape index (κ1) is 26.5. The van der Waals surface area contributed by atoms with Crippen LogP contribution in [0.4, 0.5) is 5.69 Å². The number of amides is 1. The number of carbonyl (C=O) groups excluding carboxylic acids is 1. The second kappa shape index (κ2) is 11.8. The molecule has 206 valence electrons. The van der Waals surface area contributed by atoms with Gasteiger partial charge in [-0.05, 0) is 67.4 Å². The van der Waals surface area contributed by atoms with Crippen molar-refractivity contribution in [2.75, 3.05) is 13.1 Å². The van der Waals surface area contributed by atoms with E-state index in [9.17, 15) is 9.90 Å². The Morgan fingerprint density at radius 1 is 0.951 bits per heavy atom. The summed E-state index contributed by atoms with van der Waals surface area (Å²) in [4.78, 5) is 27.0. The van der Waals surface area contributed by atoms with Crippen molar-refractivity contribution in [1.82, 2.24) is 14.9 Å². The van der Waals surface area contributed by atoms with Gasteiger partial charge in [0.1, 0.15) is 0 Å². The van der Waals surface area contributed by atoms with Crippen LogP contribution >= 0.6 is 0 Å². The van der Waals surface area contributed by atoms with E-state index in [0.29, 0.717) is 17.0 Å². The largest absolute Gasteiger partial charge is 0.494 e. The molecule has 3 heterocycles. The second-order valence-electron chi connectivity index (χ2n) is 10.6. The highest BCUT2D eigenvalue weighted by Gasteiger charge is 2.20. The number of nitrogens with two attached hydrogens (primary N) is 1. The first-order chi connectivity index (χ1) is 20.0. The molecule has 6 rings (SSSR count). The van der Waals surface area contributed by atoms with Crippen molar-refractivity contribution >= 4 is 28.2 Å². The van der Waals surface area contributed by atoms with Crippen LogP contribution in [0.5, 0.6) is 5.88 Å². The normalized spacial score (nSPS) is 14.4. The van der Waals surface area contributed by atoms with Crippen LogP contribution in [0, 0.1) is 0 Å². The van der Waals surface area contributed by atoms with E-state index in [-0.39, 0.29) is 12.3 Å². The van der Waals surface area contributed by atoms with Gasteiger partial charge in [0.25, 0.3) is 0 Å². The van der Waals surface area contributed by atoms with Crippen molar-refractivity contribution in [3.05, 3.63) is 113 Å². The van der Waals surface area contributed by atoms with Gasteiger partial charge < -0.3 is 15.8 Å². The second-order valence-corrected chi connectivity index (χ2v) is 10.6. The van der Waals surface area contributed by atoms with E-state index in [1.165, 1.54) is 24.8 Å². The molecule has 41 heavy (non-hydrogen) atoms. The van der Waals surface area contributed by atoms with E-state index in [1.54, 1.807) is 12.3 Å².